The van der Waals surface area contributed by atoms with Crippen molar-refractivity contribution in [2.75, 3.05) is 114 Å². The van der Waals surface area contributed by atoms with Gasteiger partial charge < -0.3 is 39.8 Å². The zero-order valence-electron chi connectivity index (χ0n) is 41.3. The number of hydrogen-bond donors (Lipinski definition) is 2. The first-order chi connectivity index (χ1) is 33.8. The number of rotatable bonds is 9. The maximum absolute atomic E-state index is 14.4. The summed E-state index contributed by atoms with van der Waals surface area (Å²) in [7, 11) is 2.19. The van der Waals surface area contributed by atoms with Gasteiger partial charge in [-0.15, -0.1) is 0 Å². The van der Waals surface area contributed by atoms with Crippen molar-refractivity contribution in [3.8, 4) is 22.5 Å². The van der Waals surface area contributed by atoms with E-state index in [4.69, 9.17) is 10.5 Å². The molecule has 3 N–H and O–H groups in total. The lowest BCUT2D eigenvalue weighted by atomic mass is 9.78. The summed E-state index contributed by atoms with van der Waals surface area (Å²) in [6.45, 7) is 19.7. The van der Waals surface area contributed by atoms with Crippen LogP contribution < -0.4 is 21.1 Å². The van der Waals surface area contributed by atoms with Gasteiger partial charge in [-0.2, -0.15) is 0 Å². The Balaban J connectivity index is 0.000000183. The number of anilines is 3. The molecule has 2 aliphatic carbocycles. The Morgan fingerprint density at radius 2 is 1.31 bits per heavy atom. The third kappa shape index (κ3) is 12.2. The highest BCUT2D eigenvalue weighted by Gasteiger charge is 2.51. The first-order valence-corrected chi connectivity index (χ1v) is 24.8. The number of carbonyl (C=O) groups is 2. The van der Waals surface area contributed by atoms with Gasteiger partial charge in [-0.1, -0.05) is 13.8 Å². The lowest BCUT2D eigenvalue weighted by Gasteiger charge is -2.48. The van der Waals surface area contributed by atoms with Crippen LogP contribution in [0.25, 0.3) is 22.5 Å². The zero-order valence-corrected chi connectivity index (χ0v) is 41.3. The molecular weight excluding hydrogens is 904 g/mol. The van der Waals surface area contributed by atoms with Crippen molar-refractivity contribution in [3.63, 3.8) is 0 Å². The third-order valence-corrected chi connectivity index (χ3v) is 14.5. The highest BCUT2D eigenvalue weighted by molar-refractivity contribution is 5.77. The van der Waals surface area contributed by atoms with Crippen molar-refractivity contribution in [1.82, 2.24) is 39.5 Å². The largest absolute Gasteiger partial charge is 0.468 e. The summed E-state index contributed by atoms with van der Waals surface area (Å²) in [5, 5.41) is 0. The molecule has 4 aromatic rings. The summed E-state index contributed by atoms with van der Waals surface area (Å²) in [4.78, 5) is 61.4. The van der Waals surface area contributed by atoms with Gasteiger partial charge in [-0.25, -0.2) is 18.0 Å². The van der Waals surface area contributed by atoms with Crippen LogP contribution in [-0.2, 0) is 14.3 Å². The molecule has 70 heavy (non-hydrogen) atoms. The summed E-state index contributed by atoms with van der Waals surface area (Å²) in [5.41, 5.74) is 10.1. The summed E-state index contributed by atoms with van der Waals surface area (Å²) >= 11 is 0. The number of piperazine rings is 2. The van der Waals surface area contributed by atoms with Gasteiger partial charge in [0.2, 0.25) is 5.56 Å². The minimum Gasteiger partial charge on any atom is -0.468 e. The van der Waals surface area contributed by atoms with Crippen molar-refractivity contribution < 1.29 is 32.2 Å². The molecular formula is C51H70F3N11O5. The molecule has 0 bridgehead atoms. The number of pyridine rings is 4. The van der Waals surface area contributed by atoms with Crippen LogP contribution in [-0.4, -0.2) is 163 Å². The molecule has 10 rings (SSSR count). The number of aromatic amines is 1. The molecule has 6 aliphatic rings. The van der Waals surface area contributed by atoms with E-state index < -0.39 is 17.2 Å². The van der Waals surface area contributed by atoms with Crippen LogP contribution in [0, 0.1) is 28.3 Å². The number of nitrogens with two attached hydrogens (primary N) is 1. The first kappa shape index (κ1) is 52.0. The zero-order chi connectivity index (χ0) is 50.0. The monoisotopic (exact) mass is 974 g/mol. The molecule has 8 heterocycles. The predicted molar refractivity (Wildman–Crippen MR) is 265 cm³/mol. The molecule has 4 aliphatic heterocycles. The third-order valence-electron chi connectivity index (χ3n) is 14.5. The highest BCUT2D eigenvalue weighted by atomic mass is 19.1. The van der Waals surface area contributed by atoms with Crippen LogP contribution in [0.15, 0.2) is 60.0 Å². The van der Waals surface area contributed by atoms with E-state index in [-0.39, 0.29) is 22.9 Å². The minimum absolute atomic E-state index is 0.100. The molecule has 2 unspecified atom stereocenters. The van der Waals surface area contributed by atoms with Crippen molar-refractivity contribution >= 4 is 29.6 Å². The fourth-order valence-corrected chi connectivity index (χ4v) is 11.5. The Labute approximate surface area is 409 Å². The molecule has 0 radical (unpaired) electrons. The number of ether oxygens (including phenoxy) is 2. The van der Waals surface area contributed by atoms with E-state index in [0.29, 0.717) is 59.9 Å². The number of aromatic nitrogens is 4. The molecule has 4 saturated heterocycles. The van der Waals surface area contributed by atoms with Crippen LogP contribution >= 0.6 is 0 Å². The van der Waals surface area contributed by atoms with E-state index in [1.54, 1.807) is 25.4 Å². The molecule has 2 spiro atoms. The van der Waals surface area contributed by atoms with E-state index in [1.807, 2.05) is 31.7 Å². The van der Waals surface area contributed by atoms with Gasteiger partial charge in [0.1, 0.15) is 17.5 Å². The second kappa shape index (κ2) is 23.4. The number of H-pyrrole nitrogens is 1. The summed E-state index contributed by atoms with van der Waals surface area (Å²) in [6, 6.07) is 7.12. The lowest BCUT2D eigenvalue weighted by molar-refractivity contribution is -0.128. The second-order valence-corrected chi connectivity index (χ2v) is 19.2. The molecule has 4 aromatic heterocycles. The smallest absolute Gasteiger partial charge is 0.409 e. The number of amides is 1. The molecule has 2 saturated carbocycles. The van der Waals surface area contributed by atoms with E-state index in [1.165, 1.54) is 57.1 Å². The van der Waals surface area contributed by atoms with Crippen molar-refractivity contribution in [3.05, 3.63) is 83.1 Å². The van der Waals surface area contributed by atoms with Crippen LogP contribution in [0.4, 0.5) is 35.0 Å². The Morgan fingerprint density at radius 1 is 0.771 bits per heavy atom. The number of halogens is 3. The van der Waals surface area contributed by atoms with Crippen LogP contribution in [0.3, 0.4) is 0 Å². The fraction of sp³-hybridized carbons (Fsp3) is 0.569. The van der Waals surface area contributed by atoms with Crippen LogP contribution in [0.2, 0.25) is 0 Å². The van der Waals surface area contributed by atoms with Gasteiger partial charge in [-0.3, -0.25) is 34.3 Å². The quantitative estimate of drug-likeness (QED) is 0.174. The predicted octanol–water partition coefficient (Wildman–Crippen LogP) is 6.52. The van der Waals surface area contributed by atoms with E-state index in [0.717, 1.165) is 102 Å². The van der Waals surface area contributed by atoms with Crippen molar-refractivity contribution in [1.29, 1.82) is 0 Å². The SMILES string of the molecule is CC.CCOC(=O)N1CC2(CCC(N3CCN(c4cc(F)cnc4-c4cncc(N)c4)CC3)C2)C1.CCOC=O.CN1CC2(CCC(N3CCN(c4cc(F)cnc4-c4cc(=O)[nH]cc4F)CC3)C2)C1. The van der Waals surface area contributed by atoms with Gasteiger partial charge in [0.25, 0.3) is 6.47 Å². The standard InChI is InChI=1S/C24H31FN6O2.C22H27F2N5O.C3H6O2.C2H6/c1-2-33-23(32)31-15-24(16-31)4-3-20(11-24)29-5-7-30(8-6-29)21-10-18(25)13-28-22(21)17-9-19(26)14-27-12-17;1-27-13-22(14-27)3-2-16(10-22)28-4-6-29(7-5-28)19-8-15(23)11-26-21(19)17-9-20(30)25-12-18(17)24;1-2-5-3-4;1-2/h9-10,12-14,20H,2-8,11,15-16,26H2,1H3;8-9,11-12,16H,2-7,10,13-14H2,1H3,(H,25,30);3H,2H2,1H3;1-2H3. The van der Waals surface area contributed by atoms with Gasteiger partial charge >= 0.3 is 6.09 Å². The van der Waals surface area contributed by atoms with Gasteiger partial charge in [0.05, 0.1) is 54.1 Å². The Kier molecular flexibility index (Phi) is 17.4. The number of hydrogen-bond acceptors (Lipinski definition) is 14. The normalized spacial score (nSPS) is 21.6. The number of nitrogens with one attached hydrogen (secondary N) is 1. The lowest BCUT2D eigenvalue weighted by Crippen LogP contribution is -2.58. The van der Waals surface area contributed by atoms with Crippen LogP contribution in [0.5, 0.6) is 0 Å². The Bertz CT molecular complexity index is 2440. The first-order valence-electron chi connectivity index (χ1n) is 24.8. The summed E-state index contributed by atoms with van der Waals surface area (Å²) in [6.07, 6.45) is 13.7. The Hall–Kier alpha value is -5.79. The minimum atomic E-state index is -0.574. The molecule has 6 fully saturated rings. The average molecular weight is 974 g/mol. The van der Waals surface area contributed by atoms with E-state index >= 15 is 0 Å². The summed E-state index contributed by atoms with van der Waals surface area (Å²) < 4.78 is 51.8. The highest BCUT2D eigenvalue weighted by Crippen LogP contribution is 2.48. The Morgan fingerprint density at radius 3 is 1.81 bits per heavy atom. The molecule has 380 valence electrons. The number of nitrogen functional groups attached to an aromatic ring is 1. The molecule has 16 nitrogen and oxygen atoms in total. The average Bonchev–Trinajstić information content (AvgIpc) is 4.00. The number of nitrogens with zero attached hydrogens (tertiary/aromatic N) is 9. The van der Waals surface area contributed by atoms with Gasteiger partial charge in [0.15, 0.2) is 0 Å². The fourth-order valence-electron chi connectivity index (χ4n) is 11.5. The maximum Gasteiger partial charge on any atom is 0.409 e. The maximum atomic E-state index is 14.4. The summed E-state index contributed by atoms with van der Waals surface area (Å²) in [5.74, 6) is -1.38. The molecule has 19 heteroatoms. The van der Waals surface area contributed by atoms with Gasteiger partial charge in [0, 0.05) is 144 Å². The molecule has 0 aromatic carbocycles. The number of carbonyl (C=O) groups excluding carboxylic acids is 2. The van der Waals surface area contributed by atoms with Crippen molar-refractivity contribution in [2.45, 2.75) is 78.3 Å². The topological polar surface area (TPSA) is 170 Å². The van der Waals surface area contributed by atoms with Crippen molar-refractivity contribution in [2.24, 2.45) is 10.8 Å². The van der Waals surface area contributed by atoms with E-state index in [9.17, 15) is 27.6 Å². The molecule has 2 atom stereocenters. The molecule has 1 amide bonds. The second-order valence-electron chi connectivity index (χ2n) is 19.2. The van der Waals surface area contributed by atoms with Gasteiger partial charge in [-0.05, 0) is 70.9 Å². The van der Waals surface area contributed by atoms with E-state index in [2.05, 4.69) is 56.2 Å². The van der Waals surface area contributed by atoms with Crippen LogP contribution in [0.1, 0.15) is 66.2 Å². The number of likely N-dealkylation sites (tertiary alicyclic amines) is 2.